The number of aliphatic hydroxyl groups excluding tert-OH is 2. The average molecular weight is 531 g/mol. The van der Waals surface area contributed by atoms with Gasteiger partial charge in [-0.05, 0) is 13.0 Å². The zero-order valence-corrected chi connectivity index (χ0v) is 20.6. The van der Waals surface area contributed by atoms with Crippen LogP contribution in [0.4, 0.5) is 0 Å². The van der Waals surface area contributed by atoms with Crippen molar-refractivity contribution in [3.63, 3.8) is 0 Å². The molecule has 0 bridgehead atoms. The third-order valence-corrected chi connectivity index (χ3v) is 7.01. The highest BCUT2D eigenvalue weighted by Gasteiger charge is 2.30. The van der Waals surface area contributed by atoms with Crippen LogP contribution in [0.15, 0.2) is 28.7 Å². The Morgan fingerprint density at radius 3 is 2.76 bits per heavy atom. The lowest BCUT2D eigenvalue weighted by Gasteiger charge is -2.30. The molecule has 3 rings (SSSR count). The number of ether oxygens (including phenoxy) is 2. The van der Waals surface area contributed by atoms with Gasteiger partial charge in [0, 0.05) is 23.6 Å². The quantitative estimate of drug-likeness (QED) is 0.280. The third kappa shape index (κ3) is 6.84. The van der Waals surface area contributed by atoms with Gasteiger partial charge >= 0.3 is 0 Å². The molecule has 0 radical (unpaired) electrons. The van der Waals surface area contributed by atoms with Crippen molar-refractivity contribution in [2.45, 2.75) is 42.1 Å². The fourth-order valence-electron chi connectivity index (χ4n) is 2.71. The van der Waals surface area contributed by atoms with Crippen molar-refractivity contribution in [3.8, 4) is 16.8 Å². The van der Waals surface area contributed by atoms with Gasteiger partial charge in [0.1, 0.15) is 39.6 Å². The molecule has 0 amide bonds. The number of nitrogens with zero attached hydrogens (tertiary/aromatic N) is 6. The number of nitriles is 1. The first-order valence-electron chi connectivity index (χ1n) is 9.55. The van der Waals surface area contributed by atoms with Crippen molar-refractivity contribution in [1.29, 1.82) is 5.26 Å². The lowest BCUT2D eigenvalue weighted by Crippen LogP contribution is -2.40. The van der Waals surface area contributed by atoms with Crippen LogP contribution >= 0.6 is 46.3 Å². The SMILES string of the molecule is CO[C@@H](Cn1cc(-c2nc(Cl)cs2)nn1)C(OC(CO)[C@@H](C)O)Sc1cc(Cl)cnc1C#N. The van der Waals surface area contributed by atoms with E-state index in [9.17, 15) is 15.5 Å². The molecule has 4 atom stereocenters. The molecule has 2 unspecified atom stereocenters. The van der Waals surface area contributed by atoms with Crippen molar-refractivity contribution in [1.82, 2.24) is 25.0 Å². The summed E-state index contributed by atoms with van der Waals surface area (Å²) in [6.07, 6.45) is 0.616. The second-order valence-electron chi connectivity index (χ2n) is 6.77. The molecule has 176 valence electrons. The maximum absolute atomic E-state index is 9.98. The van der Waals surface area contributed by atoms with Gasteiger partial charge in [0.25, 0.3) is 0 Å². The van der Waals surface area contributed by atoms with Crippen LogP contribution in [0.2, 0.25) is 10.2 Å². The summed E-state index contributed by atoms with van der Waals surface area (Å²) in [4.78, 5) is 8.69. The Hall–Kier alpha value is -1.82. The summed E-state index contributed by atoms with van der Waals surface area (Å²) in [5.74, 6) is 0. The minimum atomic E-state index is -0.948. The van der Waals surface area contributed by atoms with Gasteiger partial charge < -0.3 is 19.7 Å². The molecule has 3 aromatic rings. The Balaban J connectivity index is 1.86. The molecule has 2 N–H and O–H groups in total. The number of methoxy groups -OCH3 is 1. The van der Waals surface area contributed by atoms with Gasteiger partial charge in [0.2, 0.25) is 0 Å². The minimum Gasteiger partial charge on any atom is -0.394 e. The first-order valence-corrected chi connectivity index (χ1v) is 12.1. The van der Waals surface area contributed by atoms with Crippen molar-refractivity contribution in [3.05, 3.63) is 39.7 Å². The highest BCUT2D eigenvalue weighted by molar-refractivity contribution is 7.99. The van der Waals surface area contributed by atoms with Crippen LogP contribution in [0, 0.1) is 11.3 Å². The van der Waals surface area contributed by atoms with Crippen molar-refractivity contribution in [2.75, 3.05) is 13.7 Å². The van der Waals surface area contributed by atoms with Crippen molar-refractivity contribution < 1.29 is 19.7 Å². The topological polar surface area (TPSA) is 139 Å². The minimum absolute atomic E-state index is 0.161. The van der Waals surface area contributed by atoms with E-state index in [0.29, 0.717) is 25.8 Å². The molecule has 0 spiro atoms. The predicted molar refractivity (Wildman–Crippen MR) is 124 cm³/mol. The van der Waals surface area contributed by atoms with E-state index in [2.05, 4.69) is 20.3 Å². The summed E-state index contributed by atoms with van der Waals surface area (Å²) in [5, 5.41) is 40.4. The normalized spacial score (nSPS) is 15.1. The standard InChI is InChI=1S/C19H20Cl2N6O4S2/c1-10(29)15(8-28)31-19(33-16-3-11(20)5-23-12(16)4-22)14(30-2)7-27-6-13(25-26-27)18-24-17(21)9-32-18/h3,5-6,9-10,14-15,19,28-29H,7-8H2,1-2H3/t10-,14+,15?,19?/m1/s1. The first-order chi connectivity index (χ1) is 15.8. The Labute approximate surface area is 208 Å². The van der Waals surface area contributed by atoms with Crippen LogP contribution in [0.3, 0.4) is 0 Å². The highest BCUT2D eigenvalue weighted by atomic mass is 35.5. The molecule has 0 aliphatic heterocycles. The number of hydrogen-bond acceptors (Lipinski definition) is 11. The summed E-state index contributed by atoms with van der Waals surface area (Å²) in [5.41, 5.74) is -0.0555. The maximum atomic E-state index is 9.98. The van der Waals surface area contributed by atoms with Gasteiger partial charge in [-0.1, -0.05) is 40.2 Å². The lowest BCUT2D eigenvalue weighted by atomic mass is 10.2. The smallest absolute Gasteiger partial charge is 0.154 e. The highest BCUT2D eigenvalue weighted by Crippen LogP contribution is 2.33. The fraction of sp³-hybridized carbons (Fsp3) is 0.421. The summed E-state index contributed by atoms with van der Waals surface area (Å²) < 4.78 is 13.2. The third-order valence-electron chi connectivity index (χ3n) is 4.40. The summed E-state index contributed by atoms with van der Waals surface area (Å²) in [7, 11) is 1.50. The molecule has 3 aromatic heterocycles. The second kappa shape index (κ2) is 12.0. The van der Waals surface area contributed by atoms with E-state index in [-0.39, 0.29) is 12.2 Å². The van der Waals surface area contributed by atoms with Crippen LogP contribution in [-0.4, -0.2) is 72.6 Å². The van der Waals surface area contributed by atoms with Crippen molar-refractivity contribution >= 4 is 46.3 Å². The van der Waals surface area contributed by atoms with E-state index in [0.717, 1.165) is 11.8 Å². The summed E-state index contributed by atoms with van der Waals surface area (Å²) in [6.45, 7) is 1.31. The summed E-state index contributed by atoms with van der Waals surface area (Å²) >= 11 is 14.5. The van der Waals surface area contributed by atoms with E-state index in [1.54, 1.807) is 22.3 Å². The monoisotopic (exact) mass is 530 g/mol. The van der Waals surface area contributed by atoms with Gasteiger partial charge in [-0.3, -0.25) is 0 Å². The van der Waals surface area contributed by atoms with Crippen LogP contribution in [0.1, 0.15) is 12.6 Å². The largest absolute Gasteiger partial charge is 0.394 e. The number of thiazole rings is 1. The van der Waals surface area contributed by atoms with Crippen LogP contribution < -0.4 is 0 Å². The number of halogens is 2. The molecule has 0 aliphatic rings. The number of aliphatic hydroxyl groups is 2. The van der Waals surface area contributed by atoms with Crippen LogP contribution in [0.25, 0.3) is 10.7 Å². The van der Waals surface area contributed by atoms with E-state index in [1.165, 1.54) is 31.6 Å². The molecule has 0 fully saturated rings. The first kappa shape index (κ1) is 25.8. The van der Waals surface area contributed by atoms with Crippen molar-refractivity contribution in [2.24, 2.45) is 0 Å². The Kier molecular flexibility index (Phi) is 9.42. The molecule has 0 saturated carbocycles. The van der Waals surface area contributed by atoms with Gasteiger partial charge in [-0.2, -0.15) is 5.26 Å². The molecule has 0 aromatic carbocycles. The Bertz CT molecular complexity index is 1110. The maximum Gasteiger partial charge on any atom is 0.154 e. The zero-order valence-electron chi connectivity index (χ0n) is 17.5. The molecule has 10 nitrogen and oxygen atoms in total. The van der Waals surface area contributed by atoms with Crippen LogP contribution in [0.5, 0.6) is 0 Å². The van der Waals surface area contributed by atoms with Crippen LogP contribution in [-0.2, 0) is 16.0 Å². The number of aromatic nitrogens is 5. The van der Waals surface area contributed by atoms with E-state index >= 15 is 0 Å². The van der Waals surface area contributed by atoms with E-state index in [1.807, 2.05) is 6.07 Å². The van der Waals surface area contributed by atoms with Gasteiger partial charge in [-0.25, -0.2) is 14.6 Å². The lowest BCUT2D eigenvalue weighted by molar-refractivity contribution is -0.105. The molecule has 33 heavy (non-hydrogen) atoms. The zero-order chi connectivity index (χ0) is 24.0. The Morgan fingerprint density at radius 2 is 2.15 bits per heavy atom. The molecule has 14 heteroatoms. The molecular formula is C19H20Cl2N6O4S2. The number of pyridine rings is 1. The average Bonchev–Trinajstić information content (AvgIpc) is 3.43. The van der Waals surface area contributed by atoms with Gasteiger partial charge in [0.15, 0.2) is 5.69 Å². The predicted octanol–water partition coefficient (Wildman–Crippen LogP) is 2.87. The number of thioether (sulfide) groups is 1. The fourth-order valence-corrected chi connectivity index (χ4v) is 5.03. The number of hydrogen-bond donors (Lipinski definition) is 2. The number of rotatable bonds is 11. The van der Waals surface area contributed by atoms with E-state index < -0.39 is 30.4 Å². The van der Waals surface area contributed by atoms with Gasteiger partial charge in [0.05, 0.1) is 30.5 Å². The Morgan fingerprint density at radius 1 is 1.36 bits per heavy atom. The molecule has 0 saturated heterocycles. The molecule has 0 aliphatic carbocycles. The van der Waals surface area contributed by atoms with E-state index in [4.69, 9.17) is 32.7 Å². The molecular weight excluding hydrogens is 511 g/mol. The van der Waals surface area contributed by atoms with Gasteiger partial charge in [-0.15, -0.1) is 16.4 Å². The summed E-state index contributed by atoms with van der Waals surface area (Å²) in [6, 6.07) is 3.61. The second-order valence-corrected chi connectivity index (χ2v) is 9.59. The molecule has 3 heterocycles.